The minimum atomic E-state index is -1.30. The highest BCUT2D eigenvalue weighted by molar-refractivity contribution is 6.13. The summed E-state index contributed by atoms with van der Waals surface area (Å²) in [6.45, 7) is 3.27. The van der Waals surface area contributed by atoms with Crippen molar-refractivity contribution in [1.29, 1.82) is 0 Å². The number of halogens is 1. The Morgan fingerprint density at radius 2 is 1.49 bits per heavy atom. The first-order valence-corrected chi connectivity index (χ1v) is 12.5. The van der Waals surface area contributed by atoms with Gasteiger partial charge in [-0.15, -0.1) is 0 Å². The molecule has 0 aliphatic carbocycles. The van der Waals surface area contributed by atoms with E-state index >= 15 is 0 Å². The van der Waals surface area contributed by atoms with Gasteiger partial charge in [-0.1, -0.05) is 50.2 Å². The number of carbonyl (C=O) groups excluding carboxylic acids is 4. The van der Waals surface area contributed by atoms with Gasteiger partial charge in [-0.3, -0.25) is 23.7 Å². The van der Waals surface area contributed by atoms with Gasteiger partial charge in [0.15, 0.2) is 5.78 Å². The third kappa shape index (κ3) is 6.80. The summed E-state index contributed by atoms with van der Waals surface area (Å²) in [6, 6.07) is 13.9. The smallest absolute Gasteiger partial charge is 0.232 e. The molecule has 0 saturated heterocycles. The number of benzene rings is 2. The van der Waals surface area contributed by atoms with E-state index in [9.17, 15) is 23.6 Å². The van der Waals surface area contributed by atoms with Crippen LogP contribution in [0.3, 0.4) is 0 Å². The second kappa shape index (κ2) is 12.6. The lowest BCUT2D eigenvalue weighted by Gasteiger charge is -2.23. The zero-order valence-electron chi connectivity index (χ0n) is 21.8. The lowest BCUT2D eigenvalue weighted by atomic mass is 9.90. The predicted octanol–water partition coefficient (Wildman–Crippen LogP) is 3.19. The van der Waals surface area contributed by atoms with Gasteiger partial charge >= 0.3 is 0 Å². The molecular weight excluding hydrogens is 475 g/mol. The molecule has 1 unspecified atom stereocenters. The zero-order chi connectivity index (χ0) is 27.1. The van der Waals surface area contributed by atoms with Crippen LogP contribution < -0.4 is 10.6 Å². The van der Waals surface area contributed by atoms with Crippen LogP contribution in [-0.2, 0) is 14.4 Å². The van der Waals surface area contributed by atoms with E-state index in [0.717, 1.165) is 21.8 Å². The van der Waals surface area contributed by atoms with Crippen LogP contribution in [0.1, 0.15) is 31.5 Å². The molecule has 8 nitrogen and oxygen atoms in total. The van der Waals surface area contributed by atoms with Crippen molar-refractivity contribution in [3.05, 3.63) is 48.5 Å². The van der Waals surface area contributed by atoms with E-state index in [-0.39, 0.29) is 24.7 Å². The lowest BCUT2D eigenvalue weighted by Crippen LogP contribution is -2.48. The second-order valence-electron chi connectivity index (χ2n) is 9.84. The molecule has 2 atom stereocenters. The number of nitrogens with one attached hydrogen (secondary N) is 2. The number of ketones is 1. The van der Waals surface area contributed by atoms with E-state index in [1.807, 2.05) is 81.4 Å². The van der Waals surface area contributed by atoms with Crippen molar-refractivity contribution < 1.29 is 23.6 Å². The number of alkyl halides is 1. The summed E-state index contributed by atoms with van der Waals surface area (Å²) in [4.78, 5) is 53.2. The van der Waals surface area contributed by atoms with Gasteiger partial charge in [-0.25, -0.2) is 4.39 Å². The average Bonchev–Trinajstić information content (AvgIpc) is 3.20. The molecule has 9 heteroatoms. The summed E-state index contributed by atoms with van der Waals surface area (Å²) in [5, 5.41) is 7.08. The molecule has 198 valence electrons. The van der Waals surface area contributed by atoms with Crippen LogP contribution in [0, 0.1) is 11.8 Å². The molecular formula is C28H35FN4O4. The van der Waals surface area contributed by atoms with Crippen molar-refractivity contribution in [1.82, 2.24) is 20.1 Å². The van der Waals surface area contributed by atoms with Crippen molar-refractivity contribution in [3.8, 4) is 0 Å². The summed E-state index contributed by atoms with van der Waals surface area (Å²) in [7, 11) is 3.71. The predicted molar refractivity (Wildman–Crippen MR) is 142 cm³/mol. The minimum Gasteiger partial charge on any atom is -0.355 e. The van der Waals surface area contributed by atoms with Gasteiger partial charge in [0.2, 0.25) is 17.7 Å². The third-order valence-corrected chi connectivity index (χ3v) is 6.47. The summed E-state index contributed by atoms with van der Waals surface area (Å²) in [5.74, 6) is -3.19. The van der Waals surface area contributed by atoms with Gasteiger partial charge in [0, 0.05) is 36.2 Å². The second-order valence-corrected chi connectivity index (χ2v) is 9.84. The highest BCUT2D eigenvalue weighted by Gasteiger charge is 2.31. The first kappa shape index (κ1) is 28.0. The summed E-state index contributed by atoms with van der Waals surface area (Å²) < 4.78 is 14.9. The lowest BCUT2D eigenvalue weighted by molar-refractivity contribution is -0.133. The van der Waals surface area contributed by atoms with Crippen LogP contribution in [0.5, 0.6) is 0 Å². The number of carbonyl (C=O) groups is 4. The monoisotopic (exact) mass is 510 g/mol. The number of aromatic nitrogens is 1. The van der Waals surface area contributed by atoms with Gasteiger partial charge < -0.3 is 15.5 Å². The van der Waals surface area contributed by atoms with Gasteiger partial charge in [-0.2, -0.15) is 0 Å². The number of fused-ring (bicyclic) bond motifs is 3. The molecule has 1 heterocycles. The van der Waals surface area contributed by atoms with Crippen LogP contribution >= 0.6 is 0 Å². The van der Waals surface area contributed by atoms with E-state index in [1.165, 1.54) is 0 Å². The quantitative estimate of drug-likeness (QED) is 0.390. The Hall–Kier alpha value is -3.59. The molecule has 3 rings (SSSR count). The Labute approximate surface area is 216 Å². The van der Waals surface area contributed by atoms with E-state index < -0.39 is 36.2 Å². The minimum absolute atomic E-state index is 0.113. The maximum atomic E-state index is 13.6. The van der Waals surface area contributed by atoms with Crippen LogP contribution in [0.4, 0.5) is 4.39 Å². The van der Waals surface area contributed by atoms with Crippen molar-refractivity contribution in [2.45, 2.75) is 32.7 Å². The fourth-order valence-electron chi connectivity index (χ4n) is 4.40. The number of rotatable bonds is 12. The molecule has 0 radical (unpaired) electrons. The van der Waals surface area contributed by atoms with E-state index in [0.29, 0.717) is 13.1 Å². The zero-order valence-corrected chi connectivity index (χ0v) is 21.8. The molecule has 2 aromatic carbocycles. The van der Waals surface area contributed by atoms with E-state index in [2.05, 4.69) is 10.6 Å². The SMILES string of the molecule is CC(C)[C@H](CC(=O)n1c2ccccc2c2ccccc21)C(=O)NC(CC(=O)NCCN(C)C)C(=O)CF. The average molecular weight is 511 g/mol. The molecule has 0 saturated carbocycles. The maximum Gasteiger partial charge on any atom is 0.232 e. The fourth-order valence-corrected chi connectivity index (χ4v) is 4.40. The molecule has 0 aliphatic heterocycles. The Morgan fingerprint density at radius 3 is 2.00 bits per heavy atom. The Bertz CT molecular complexity index is 1230. The molecule has 2 N–H and O–H groups in total. The van der Waals surface area contributed by atoms with Crippen molar-refractivity contribution in [2.24, 2.45) is 11.8 Å². The van der Waals surface area contributed by atoms with Gasteiger partial charge in [-0.05, 0) is 32.1 Å². The van der Waals surface area contributed by atoms with Gasteiger partial charge in [0.05, 0.1) is 23.5 Å². The highest BCUT2D eigenvalue weighted by atomic mass is 19.1. The van der Waals surface area contributed by atoms with Crippen LogP contribution in [0.2, 0.25) is 0 Å². The van der Waals surface area contributed by atoms with E-state index in [4.69, 9.17) is 0 Å². The van der Waals surface area contributed by atoms with Crippen molar-refractivity contribution in [3.63, 3.8) is 0 Å². The van der Waals surface area contributed by atoms with Gasteiger partial charge in [0.25, 0.3) is 0 Å². The van der Waals surface area contributed by atoms with Crippen molar-refractivity contribution >= 4 is 45.3 Å². The summed E-state index contributed by atoms with van der Waals surface area (Å²) >= 11 is 0. The largest absolute Gasteiger partial charge is 0.355 e. The molecule has 37 heavy (non-hydrogen) atoms. The molecule has 0 bridgehead atoms. The summed E-state index contributed by atoms with van der Waals surface area (Å²) in [5.41, 5.74) is 1.49. The number of para-hydroxylation sites is 2. The first-order chi connectivity index (χ1) is 17.6. The van der Waals surface area contributed by atoms with Gasteiger partial charge in [0.1, 0.15) is 6.67 Å². The summed E-state index contributed by atoms with van der Waals surface area (Å²) in [6.07, 6.45) is -0.481. The topological polar surface area (TPSA) is 101 Å². The third-order valence-electron chi connectivity index (χ3n) is 6.47. The normalized spacial score (nSPS) is 13.2. The van der Waals surface area contributed by atoms with Crippen molar-refractivity contribution in [2.75, 3.05) is 33.9 Å². The standard InChI is InChI=1S/C28H35FN4O4/c1-18(2)21(28(37)31-22(25(34)17-29)16-26(35)30-13-14-32(3)4)15-27(36)33-23-11-7-5-9-19(23)20-10-6-8-12-24(20)33/h5-12,18,21-22H,13-17H2,1-4H3,(H,30,35)(H,31,37)/t21-,22?/m0/s1. The van der Waals surface area contributed by atoms with Crippen LogP contribution in [0.25, 0.3) is 21.8 Å². The molecule has 1 aromatic heterocycles. The number of hydrogen-bond acceptors (Lipinski definition) is 5. The van der Waals surface area contributed by atoms with Crippen LogP contribution in [-0.4, -0.2) is 72.9 Å². The molecule has 0 aliphatic rings. The number of amides is 2. The Kier molecular flexibility index (Phi) is 9.52. The maximum absolute atomic E-state index is 13.6. The fraction of sp³-hybridized carbons (Fsp3) is 0.429. The number of Topliss-reactive ketones (excluding diaryl/α,β-unsaturated/α-hetero) is 1. The van der Waals surface area contributed by atoms with E-state index in [1.54, 1.807) is 4.57 Å². The molecule has 0 spiro atoms. The molecule has 2 amide bonds. The molecule has 0 fully saturated rings. The first-order valence-electron chi connectivity index (χ1n) is 12.5. The number of nitrogens with zero attached hydrogens (tertiary/aromatic N) is 2. The van der Waals surface area contributed by atoms with Crippen LogP contribution in [0.15, 0.2) is 48.5 Å². The Balaban J connectivity index is 1.79. The molecule has 3 aromatic rings. The Morgan fingerprint density at radius 1 is 0.919 bits per heavy atom. The number of hydrogen-bond donors (Lipinski definition) is 2. The highest BCUT2D eigenvalue weighted by Crippen LogP contribution is 2.30. The number of likely N-dealkylation sites (N-methyl/N-ethyl adjacent to an activating group) is 1.